The van der Waals surface area contributed by atoms with Crippen LogP contribution in [0.1, 0.15) is 13.3 Å². The van der Waals surface area contributed by atoms with E-state index in [9.17, 15) is 5.11 Å². The second-order valence-corrected chi connectivity index (χ2v) is 3.88. The molecule has 0 bridgehead atoms. The van der Waals surface area contributed by atoms with Crippen molar-refractivity contribution in [2.45, 2.75) is 19.4 Å². The molecule has 8 nitrogen and oxygen atoms in total. The van der Waals surface area contributed by atoms with Gasteiger partial charge >= 0.3 is 6.01 Å². The maximum Gasteiger partial charge on any atom is 0.322 e. The predicted octanol–water partition coefficient (Wildman–Crippen LogP) is 0.121. The maximum atomic E-state index is 9.20. The molecule has 0 radical (unpaired) electrons. The molecule has 1 aromatic heterocycles. The highest BCUT2D eigenvalue weighted by Crippen LogP contribution is 2.11. The fraction of sp³-hybridized carbons (Fsp3) is 0.727. The molecular weight excluding hydrogens is 250 g/mol. The van der Waals surface area contributed by atoms with Gasteiger partial charge in [0.2, 0.25) is 11.9 Å². The number of hydrogen-bond donors (Lipinski definition) is 3. The third-order valence-corrected chi connectivity index (χ3v) is 2.25. The van der Waals surface area contributed by atoms with Crippen molar-refractivity contribution >= 4 is 11.9 Å². The number of aliphatic hydroxyl groups excluding tert-OH is 1. The summed E-state index contributed by atoms with van der Waals surface area (Å²) < 4.78 is 9.99. The average Bonchev–Trinajstić information content (AvgIpc) is 2.44. The lowest BCUT2D eigenvalue weighted by atomic mass is 10.3. The van der Waals surface area contributed by atoms with Crippen molar-refractivity contribution in [3.05, 3.63) is 0 Å². The summed E-state index contributed by atoms with van der Waals surface area (Å²) in [7, 11) is 3.05. The van der Waals surface area contributed by atoms with Gasteiger partial charge in [-0.05, 0) is 6.42 Å². The third kappa shape index (κ3) is 5.23. The Morgan fingerprint density at radius 3 is 2.53 bits per heavy atom. The highest BCUT2D eigenvalue weighted by Gasteiger charge is 2.11. The molecule has 108 valence electrons. The number of hydrogen-bond acceptors (Lipinski definition) is 8. The molecular formula is C11H21N5O3. The predicted molar refractivity (Wildman–Crippen MR) is 71.5 cm³/mol. The van der Waals surface area contributed by atoms with Gasteiger partial charge in [-0.25, -0.2) is 0 Å². The van der Waals surface area contributed by atoms with Gasteiger partial charge in [-0.15, -0.1) is 0 Å². The van der Waals surface area contributed by atoms with Crippen LogP contribution in [0, 0.1) is 0 Å². The minimum Gasteiger partial charge on any atom is -0.467 e. The minimum atomic E-state index is -0.281. The first-order valence-corrected chi connectivity index (χ1v) is 6.13. The van der Waals surface area contributed by atoms with Gasteiger partial charge in [-0.2, -0.15) is 15.0 Å². The van der Waals surface area contributed by atoms with Gasteiger partial charge in [-0.1, -0.05) is 6.92 Å². The molecule has 3 N–H and O–H groups in total. The first kappa shape index (κ1) is 15.4. The summed E-state index contributed by atoms with van der Waals surface area (Å²) in [6.07, 6.45) is 0.958. The van der Waals surface area contributed by atoms with Crippen LogP contribution in [-0.4, -0.2) is 60.1 Å². The fourth-order valence-corrected chi connectivity index (χ4v) is 1.35. The van der Waals surface area contributed by atoms with Crippen LogP contribution >= 0.6 is 0 Å². The number of anilines is 2. The molecule has 1 rings (SSSR count). The number of aromatic nitrogens is 3. The summed E-state index contributed by atoms with van der Waals surface area (Å²) in [5.41, 5.74) is 0. The molecule has 0 aliphatic carbocycles. The van der Waals surface area contributed by atoms with Crippen molar-refractivity contribution in [1.82, 2.24) is 15.0 Å². The number of methoxy groups -OCH3 is 2. The Bertz CT molecular complexity index is 377. The van der Waals surface area contributed by atoms with E-state index in [-0.39, 0.29) is 18.7 Å². The Hall–Kier alpha value is -1.67. The van der Waals surface area contributed by atoms with E-state index in [1.807, 2.05) is 6.92 Å². The van der Waals surface area contributed by atoms with Crippen molar-refractivity contribution in [3.8, 4) is 6.01 Å². The zero-order chi connectivity index (χ0) is 14.1. The molecule has 0 aromatic carbocycles. The summed E-state index contributed by atoms with van der Waals surface area (Å²) in [4.78, 5) is 12.3. The number of ether oxygens (including phenoxy) is 2. The van der Waals surface area contributed by atoms with E-state index in [1.165, 1.54) is 7.11 Å². The molecule has 0 aliphatic heterocycles. The molecule has 0 saturated heterocycles. The van der Waals surface area contributed by atoms with Crippen LogP contribution in [0.3, 0.4) is 0 Å². The van der Waals surface area contributed by atoms with Gasteiger partial charge in [0.05, 0.1) is 26.4 Å². The first-order chi connectivity index (χ1) is 9.23. The number of nitrogens with one attached hydrogen (secondary N) is 2. The Morgan fingerprint density at radius 2 is 1.95 bits per heavy atom. The first-order valence-electron chi connectivity index (χ1n) is 6.13. The van der Waals surface area contributed by atoms with Crippen LogP contribution in [0.5, 0.6) is 6.01 Å². The van der Waals surface area contributed by atoms with Gasteiger partial charge in [0, 0.05) is 13.7 Å². The van der Waals surface area contributed by atoms with E-state index in [2.05, 4.69) is 25.6 Å². The fourth-order valence-electron chi connectivity index (χ4n) is 1.35. The summed E-state index contributed by atoms with van der Waals surface area (Å²) >= 11 is 0. The normalized spacial score (nSPS) is 12.0. The molecule has 19 heavy (non-hydrogen) atoms. The molecule has 8 heteroatoms. The van der Waals surface area contributed by atoms with E-state index >= 15 is 0 Å². The molecule has 1 heterocycles. The Balaban J connectivity index is 2.80. The van der Waals surface area contributed by atoms with Gasteiger partial charge < -0.3 is 25.2 Å². The summed E-state index contributed by atoms with van der Waals surface area (Å²) in [6.45, 7) is 3.07. The maximum absolute atomic E-state index is 9.20. The largest absolute Gasteiger partial charge is 0.467 e. The van der Waals surface area contributed by atoms with Crippen molar-refractivity contribution in [3.63, 3.8) is 0 Å². The number of rotatable bonds is 9. The highest BCUT2D eigenvalue weighted by atomic mass is 16.5. The van der Waals surface area contributed by atoms with Crippen molar-refractivity contribution in [2.75, 3.05) is 44.6 Å². The SMILES string of the molecule is CCCNc1nc(NC(CO)COC)nc(OC)n1. The monoisotopic (exact) mass is 271 g/mol. The van der Waals surface area contributed by atoms with Gasteiger partial charge in [0.15, 0.2) is 0 Å². The molecule has 1 unspecified atom stereocenters. The Kier molecular flexibility index (Phi) is 6.83. The number of nitrogens with zero attached hydrogens (tertiary/aromatic N) is 3. The van der Waals surface area contributed by atoms with E-state index in [4.69, 9.17) is 9.47 Å². The van der Waals surface area contributed by atoms with E-state index in [1.54, 1.807) is 7.11 Å². The van der Waals surface area contributed by atoms with Crippen molar-refractivity contribution in [2.24, 2.45) is 0 Å². The zero-order valence-corrected chi connectivity index (χ0v) is 11.5. The lowest BCUT2D eigenvalue weighted by Gasteiger charge is -2.15. The lowest BCUT2D eigenvalue weighted by molar-refractivity contribution is 0.153. The second kappa shape index (κ2) is 8.44. The quantitative estimate of drug-likeness (QED) is 0.582. The zero-order valence-electron chi connectivity index (χ0n) is 11.5. The lowest BCUT2D eigenvalue weighted by Crippen LogP contribution is -2.30. The van der Waals surface area contributed by atoms with Crippen LogP contribution in [0.2, 0.25) is 0 Å². The van der Waals surface area contributed by atoms with Gasteiger partial charge in [0.25, 0.3) is 0 Å². The third-order valence-electron chi connectivity index (χ3n) is 2.25. The van der Waals surface area contributed by atoms with E-state index < -0.39 is 0 Å². The van der Waals surface area contributed by atoms with Crippen LogP contribution in [0.25, 0.3) is 0 Å². The Morgan fingerprint density at radius 1 is 1.21 bits per heavy atom. The molecule has 0 amide bonds. The van der Waals surface area contributed by atoms with E-state index in [0.29, 0.717) is 18.5 Å². The molecule has 0 spiro atoms. The van der Waals surface area contributed by atoms with Crippen molar-refractivity contribution < 1.29 is 14.6 Å². The minimum absolute atomic E-state index is 0.0838. The molecule has 1 atom stereocenters. The highest BCUT2D eigenvalue weighted by molar-refractivity contribution is 5.36. The Labute approximate surface area is 112 Å². The average molecular weight is 271 g/mol. The van der Waals surface area contributed by atoms with E-state index in [0.717, 1.165) is 13.0 Å². The molecule has 0 aliphatic rings. The van der Waals surface area contributed by atoms with Crippen LogP contribution in [0.4, 0.5) is 11.9 Å². The number of aliphatic hydroxyl groups is 1. The van der Waals surface area contributed by atoms with Gasteiger partial charge in [0.1, 0.15) is 0 Å². The smallest absolute Gasteiger partial charge is 0.322 e. The van der Waals surface area contributed by atoms with Crippen molar-refractivity contribution in [1.29, 1.82) is 0 Å². The van der Waals surface area contributed by atoms with Gasteiger partial charge in [-0.3, -0.25) is 0 Å². The standard InChI is InChI=1S/C11H21N5O3/c1-4-5-12-9-14-10(16-11(15-9)19-3)13-8(6-17)7-18-2/h8,17H,4-7H2,1-3H3,(H2,12,13,14,15,16). The molecule has 0 saturated carbocycles. The summed E-state index contributed by atoms with van der Waals surface area (Å²) in [5, 5.41) is 15.2. The summed E-state index contributed by atoms with van der Waals surface area (Å²) in [6, 6.07) is -0.0682. The summed E-state index contributed by atoms with van der Waals surface area (Å²) in [5.74, 6) is 0.770. The molecule has 0 fully saturated rings. The topological polar surface area (TPSA) is 101 Å². The van der Waals surface area contributed by atoms with Crippen LogP contribution in [0.15, 0.2) is 0 Å². The molecule has 1 aromatic rings. The second-order valence-electron chi connectivity index (χ2n) is 3.88. The van der Waals surface area contributed by atoms with Crippen LogP contribution in [-0.2, 0) is 4.74 Å². The van der Waals surface area contributed by atoms with Crippen LogP contribution < -0.4 is 15.4 Å².